The Kier molecular flexibility index (Phi) is 4.20. The number of hydrogen-bond donors (Lipinski definition) is 1. The highest BCUT2D eigenvalue weighted by molar-refractivity contribution is 7.80. The number of piperidine rings is 1. The topological polar surface area (TPSA) is 29.3 Å². The highest BCUT2D eigenvalue weighted by atomic mass is 32.1. The normalized spacial score (nSPS) is 33.1. The Bertz CT molecular complexity index is 252. The van der Waals surface area contributed by atoms with Gasteiger partial charge in [-0.15, -0.1) is 0 Å². The van der Waals surface area contributed by atoms with Gasteiger partial charge in [0.1, 0.15) is 0 Å². The molecule has 0 aromatic carbocycles. The van der Waals surface area contributed by atoms with Crippen molar-refractivity contribution < 1.29 is 0 Å². The number of nitrogens with zero attached hydrogens (tertiary/aromatic N) is 1. The molecule has 1 saturated heterocycles. The second-order valence-corrected chi connectivity index (χ2v) is 5.79. The summed E-state index contributed by atoms with van der Waals surface area (Å²) in [7, 11) is 0. The van der Waals surface area contributed by atoms with Crippen LogP contribution in [-0.2, 0) is 0 Å². The Morgan fingerprint density at radius 1 is 1.31 bits per heavy atom. The van der Waals surface area contributed by atoms with Gasteiger partial charge in [-0.3, -0.25) is 4.90 Å². The van der Waals surface area contributed by atoms with Gasteiger partial charge in [0.15, 0.2) is 0 Å². The van der Waals surface area contributed by atoms with Gasteiger partial charge in [0.25, 0.3) is 0 Å². The standard InChI is InChI=1S/C13H24N2S/c1-2-11(13(14)16)15-9-5-7-10-6-3-4-8-12(10)15/h10-12H,2-9H2,1H3,(H2,14,16). The molecule has 16 heavy (non-hydrogen) atoms. The van der Waals surface area contributed by atoms with E-state index >= 15 is 0 Å². The van der Waals surface area contributed by atoms with Gasteiger partial charge < -0.3 is 5.73 Å². The van der Waals surface area contributed by atoms with Crippen molar-refractivity contribution in [2.24, 2.45) is 11.7 Å². The molecular formula is C13H24N2S. The molecule has 0 aromatic heterocycles. The molecule has 1 saturated carbocycles. The zero-order valence-electron chi connectivity index (χ0n) is 10.3. The van der Waals surface area contributed by atoms with Gasteiger partial charge in [0, 0.05) is 6.04 Å². The highest BCUT2D eigenvalue weighted by Crippen LogP contribution is 2.36. The van der Waals surface area contributed by atoms with Gasteiger partial charge in [-0.2, -0.15) is 0 Å². The van der Waals surface area contributed by atoms with E-state index in [1.165, 1.54) is 45.1 Å². The highest BCUT2D eigenvalue weighted by Gasteiger charge is 2.36. The molecule has 1 heterocycles. The van der Waals surface area contributed by atoms with Crippen LogP contribution >= 0.6 is 12.2 Å². The van der Waals surface area contributed by atoms with E-state index in [-0.39, 0.29) is 0 Å². The molecular weight excluding hydrogens is 216 g/mol. The summed E-state index contributed by atoms with van der Waals surface area (Å²) in [5, 5.41) is 0. The molecule has 0 radical (unpaired) electrons. The molecule has 0 bridgehead atoms. The number of thiocarbonyl (C=S) groups is 1. The van der Waals surface area contributed by atoms with Gasteiger partial charge in [0.2, 0.25) is 0 Å². The van der Waals surface area contributed by atoms with Crippen LogP contribution in [0.25, 0.3) is 0 Å². The summed E-state index contributed by atoms with van der Waals surface area (Å²) in [5.74, 6) is 0.922. The van der Waals surface area contributed by atoms with Crippen LogP contribution in [0, 0.1) is 5.92 Å². The van der Waals surface area contributed by atoms with Crippen LogP contribution in [0.4, 0.5) is 0 Å². The molecule has 2 fully saturated rings. The lowest BCUT2D eigenvalue weighted by molar-refractivity contribution is 0.0450. The lowest BCUT2D eigenvalue weighted by Crippen LogP contribution is -2.54. The van der Waals surface area contributed by atoms with Crippen LogP contribution in [0.5, 0.6) is 0 Å². The third-order valence-electron chi connectivity index (χ3n) is 4.40. The quantitative estimate of drug-likeness (QED) is 0.769. The number of fused-ring (bicyclic) bond motifs is 1. The van der Waals surface area contributed by atoms with Crippen LogP contribution < -0.4 is 5.73 Å². The zero-order valence-corrected chi connectivity index (χ0v) is 11.1. The predicted molar refractivity (Wildman–Crippen MR) is 72.6 cm³/mol. The van der Waals surface area contributed by atoms with E-state index in [9.17, 15) is 0 Å². The first kappa shape index (κ1) is 12.3. The molecule has 3 unspecified atom stereocenters. The fourth-order valence-electron chi connectivity index (χ4n) is 3.65. The molecule has 2 nitrogen and oxygen atoms in total. The van der Waals surface area contributed by atoms with Crippen molar-refractivity contribution in [3.8, 4) is 0 Å². The Hall–Kier alpha value is -0.150. The number of likely N-dealkylation sites (tertiary alicyclic amines) is 1. The molecule has 92 valence electrons. The minimum absolute atomic E-state index is 0.348. The first-order chi connectivity index (χ1) is 7.74. The maximum absolute atomic E-state index is 5.89. The SMILES string of the molecule is CCC(C(N)=S)N1CCCC2CCCCC21. The Labute approximate surface area is 105 Å². The molecule has 2 rings (SSSR count). The smallest absolute Gasteiger partial charge is 0.0902 e. The third kappa shape index (κ3) is 2.40. The van der Waals surface area contributed by atoms with Crippen molar-refractivity contribution in [1.29, 1.82) is 0 Å². The average Bonchev–Trinajstić information content (AvgIpc) is 2.30. The molecule has 0 aromatic rings. The van der Waals surface area contributed by atoms with Crippen molar-refractivity contribution in [2.45, 2.75) is 64.0 Å². The first-order valence-electron chi connectivity index (χ1n) is 6.79. The number of rotatable bonds is 3. The van der Waals surface area contributed by atoms with Gasteiger partial charge in [-0.25, -0.2) is 0 Å². The van der Waals surface area contributed by atoms with E-state index < -0.39 is 0 Å². The van der Waals surface area contributed by atoms with Crippen molar-refractivity contribution >= 4 is 17.2 Å². The van der Waals surface area contributed by atoms with E-state index in [4.69, 9.17) is 18.0 Å². The minimum Gasteiger partial charge on any atom is -0.392 e. The van der Waals surface area contributed by atoms with E-state index in [0.29, 0.717) is 11.0 Å². The second-order valence-electron chi connectivity index (χ2n) is 5.32. The van der Waals surface area contributed by atoms with Crippen molar-refractivity contribution in [2.75, 3.05) is 6.54 Å². The summed E-state index contributed by atoms with van der Waals surface area (Å²) in [6, 6.07) is 1.12. The fourth-order valence-corrected chi connectivity index (χ4v) is 3.95. The molecule has 0 amide bonds. The lowest BCUT2D eigenvalue weighted by atomic mass is 9.77. The lowest BCUT2D eigenvalue weighted by Gasteiger charge is -2.47. The van der Waals surface area contributed by atoms with Gasteiger partial charge in [0.05, 0.1) is 11.0 Å². The summed E-state index contributed by atoms with van der Waals surface area (Å²) in [5.41, 5.74) is 5.89. The predicted octanol–water partition coefficient (Wildman–Crippen LogP) is 2.71. The van der Waals surface area contributed by atoms with Crippen LogP contribution in [0.3, 0.4) is 0 Å². The largest absolute Gasteiger partial charge is 0.392 e. The van der Waals surface area contributed by atoms with Crippen molar-refractivity contribution in [3.05, 3.63) is 0 Å². The Balaban J connectivity index is 2.09. The molecule has 2 aliphatic rings. The van der Waals surface area contributed by atoms with Crippen LogP contribution in [0.1, 0.15) is 51.9 Å². The molecule has 1 aliphatic heterocycles. The summed E-state index contributed by atoms with van der Waals surface area (Å²) in [4.78, 5) is 3.32. The van der Waals surface area contributed by atoms with Gasteiger partial charge in [-0.05, 0) is 44.6 Å². The van der Waals surface area contributed by atoms with Crippen LogP contribution in [-0.4, -0.2) is 28.5 Å². The molecule has 0 spiro atoms. The second kappa shape index (κ2) is 5.46. The van der Waals surface area contributed by atoms with E-state index in [1.54, 1.807) is 0 Å². The maximum atomic E-state index is 5.89. The average molecular weight is 240 g/mol. The summed E-state index contributed by atoms with van der Waals surface area (Å²) < 4.78 is 0. The van der Waals surface area contributed by atoms with Gasteiger partial charge in [-0.1, -0.05) is 32.0 Å². The Morgan fingerprint density at radius 3 is 2.69 bits per heavy atom. The third-order valence-corrected chi connectivity index (χ3v) is 4.67. The fraction of sp³-hybridized carbons (Fsp3) is 0.923. The summed E-state index contributed by atoms with van der Waals surface area (Å²) >= 11 is 5.23. The Morgan fingerprint density at radius 2 is 2.00 bits per heavy atom. The number of nitrogens with two attached hydrogens (primary N) is 1. The molecule has 3 atom stereocenters. The summed E-state index contributed by atoms with van der Waals surface area (Å²) in [6.45, 7) is 3.41. The van der Waals surface area contributed by atoms with E-state index in [2.05, 4.69) is 11.8 Å². The minimum atomic E-state index is 0.348. The number of hydrogen-bond acceptors (Lipinski definition) is 2. The molecule has 1 aliphatic carbocycles. The van der Waals surface area contributed by atoms with Crippen LogP contribution in [0.15, 0.2) is 0 Å². The van der Waals surface area contributed by atoms with E-state index in [0.717, 1.165) is 18.4 Å². The van der Waals surface area contributed by atoms with Crippen molar-refractivity contribution in [1.82, 2.24) is 4.90 Å². The zero-order chi connectivity index (χ0) is 11.5. The maximum Gasteiger partial charge on any atom is 0.0902 e. The molecule has 2 N–H and O–H groups in total. The van der Waals surface area contributed by atoms with Crippen LogP contribution in [0.2, 0.25) is 0 Å². The monoisotopic (exact) mass is 240 g/mol. The van der Waals surface area contributed by atoms with Crippen molar-refractivity contribution in [3.63, 3.8) is 0 Å². The summed E-state index contributed by atoms with van der Waals surface area (Å²) in [6.07, 6.45) is 9.44. The van der Waals surface area contributed by atoms with Gasteiger partial charge >= 0.3 is 0 Å². The first-order valence-corrected chi connectivity index (χ1v) is 7.20. The van der Waals surface area contributed by atoms with E-state index in [1.807, 2.05) is 0 Å². The molecule has 3 heteroatoms.